The fraction of sp³-hybridized carbons (Fsp3) is 0.667. The maximum atomic E-state index is 4.60. The van der Waals surface area contributed by atoms with E-state index in [-0.39, 0.29) is 0 Å². The Hall–Kier alpha value is -2.44. The molecule has 0 unspecified atom stereocenters. The number of nitrogens with one attached hydrogen (secondary N) is 1. The summed E-state index contributed by atoms with van der Waals surface area (Å²) < 4.78 is 0. The van der Waals surface area contributed by atoms with Crippen molar-refractivity contribution in [3.63, 3.8) is 0 Å². The number of unbranched alkanes of at least 4 members (excludes halogenated alkanes) is 4. The lowest BCUT2D eigenvalue weighted by molar-refractivity contribution is 0.663. The van der Waals surface area contributed by atoms with Crippen molar-refractivity contribution >= 4 is 23.3 Å². The highest BCUT2D eigenvalue weighted by atomic mass is 15.3. The minimum absolute atomic E-state index is 0.807. The van der Waals surface area contributed by atoms with E-state index in [0.29, 0.717) is 0 Å². The van der Waals surface area contributed by atoms with Crippen molar-refractivity contribution in [2.45, 2.75) is 79.1 Å². The quantitative estimate of drug-likeness (QED) is 0.362. The summed E-state index contributed by atoms with van der Waals surface area (Å²) in [5.74, 6) is 1.61. The zero-order chi connectivity index (χ0) is 22.3. The molecule has 0 aromatic carbocycles. The van der Waals surface area contributed by atoms with Gasteiger partial charge in [-0.15, -0.1) is 0 Å². The summed E-state index contributed by atoms with van der Waals surface area (Å²) in [5.41, 5.74) is 1.69. The highest BCUT2D eigenvalue weighted by Gasteiger charge is 2.10. The lowest BCUT2D eigenvalue weighted by Crippen LogP contribution is -2.27. The third-order valence-corrected chi connectivity index (χ3v) is 5.26. The molecule has 7 heteroatoms. The van der Waals surface area contributed by atoms with Crippen molar-refractivity contribution in [3.8, 4) is 0 Å². The van der Waals surface area contributed by atoms with Crippen LogP contribution in [0.5, 0.6) is 0 Å². The van der Waals surface area contributed by atoms with Crippen molar-refractivity contribution in [2.24, 2.45) is 0 Å². The van der Waals surface area contributed by atoms with Gasteiger partial charge in [0.25, 0.3) is 0 Å². The van der Waals surface area contributed by atoms with Gasteiger partial charge in [-0.25, -0.2) is 19.9 Å². The molecule has 2 heterocycles. The van der Waals surface area contributed by atoms with E-state index in [0.717, 1.165) is 75.1 Å². The topological polar surface area (TPSA) is 70.1 Å². The molecule has 0 saturated carbocycles. The van der Waals surface area contributed by atoms with Crippen LogP contribution in [0.25, 0.3) is 0 Å². The van der Waals surface area contributed by atoms with Gasteiger partial charge in [-0.3, -0.25) is 0 Å². The number of rotatable bonds is 16. The first-order valence-electron chi connectivity index (χ1n) is 12.1. The summed E-state index contributed by atoms with van der Waals surface area (Å²) in [7, 11) is 0. The standard InChI is InChI=1S/C24H41N7/c1-5-9-13-30(14-10-6-2)23-25-17-21(18-26-23)29-22-19-27-24(28-20-22)31(15-11-7-3)16-12-8-4/h17-20,29H,5-16H2,1-4H3. The van der Waals surface area contributed by atoms with Crippen LogP contribution in [0.15, 0.2) is 24.8 Å². The maximum absolute atomic E-state index is 4.60. The monoisotopic (exact) mass is 427 g/mol. The molecule has 0 saturated heterocycles. The third-order valence-electron chi connectivity index (χ3n) is 5.26. The fourth-order valence-electron chi connectivity index (χ4n) is 3.28. The SMILES string of the molecule is CCCCN(CCCC)c1ncc(Nc2cnc(N(CCCC)CCCC)nc2)cn1. The minimum Gasteiger partial charge on any atom is -0.350 e. The van der Waals surface area contributed by atoms with Crippen LogP contribution in [0.3, 0.4) is 0 Å². The molecule has 0 fully saturated rings. The molecule has 7 nitrogen and oxygen atoms in total. The van der Waals surface area contributed by atoms with E-state index in [9.17, 15) is 0 Å². The van der Waals surface area contributed by atoms with E-state index in [1.807, 2.05) is 24.8 Å². The molecule has 0 aliphatic heterocycles. The van der Waals surface area contributed by atoms with Crippen LogP contribution in [0.4, 0.5) is 23.3 Å². The van der Waals surface area contributed by atoms with E-state index in [1.165, 1.54) is 25.7 Å². The van der Waals surface area contributed by atoms with Crippen molar-refractivity contribution in [3.05, 3.63) is 24.8 Å². The summed E-state index contributed by atoms with van der Waals surface area (Å²) in [4.78, 5) is 23.0. The first-order chi connectivity index (χ1) is 15.2. The Morgan fingerprint density at radius 1 is 0.548 bits per heavy atom. The molecule has 1 N–H and O–H groups in total. The van der Waals surface area contributed by atoms with Gasteiger partial charge in [0.2, 0.25) is 11.9 Å². The van der Waals surface area contributed by atoms with E-state index < -0.39 is 0 Å². The highest BCUT2D eigenvalue weighted by molar-refractivity contribution is 5.57. The lowest BCUT2D eigenvalue weighted by atomic mass is 10.3. The van der Waals surface area contributed by atoms with Crippen molar-refractivity contribution < 1.29 is 0 Å². The van der Waals surface area contributed by atoms with Crippen LogP contribution >= 0.6 is 0 Å². The molecule has 2 aromatic heterocycles. The molecule has 0 aliphatic rings. The van der Waals surface area contributed by atoms with Gasteiger partial charge < -0.3 is 15.1 Å². The van der Waals surface area contributed by atoms with Gasteiger partial charge in [0.05, 0.1) is 36.2 Å². The largest absolute Gasteiger partial charge is 0.350 e. The number of hydrogen-bond donors (Lipinski definition) is 1. The molecule has 0 spiro atoms. The van der Waals surface area contributed by atoms with Gasteiger partial charge in [-0.05, 0) is 25.7 Å². The Kier molecular flexibility index (Phi) is 11.6. The molecular formula is C24H41N7. The second kappa shape index (κ2) is 14.5. The van der Waals surface area contributed by atoms with E-state index in [1.54, 1.807) is 0 Å². The maximum Gasteiger partial charge on any atom is 0.225 e. The Bertz CT molecular complexity index is 625. The van der Waals surface area contributed by atoms with Crippen LogP contribution in [0, 0.1) is 0 Å². The van der Waals surface area contributed by atoms with Crippen molar-refractivity contribution in [2.75, 3.05) is 41.3 Å². The van der Waals surface area contributed by atoms with E-state index in [2.05, 4.69) is 62.7 Å². The summed E-state index contributed by atoms with van der Waals surface area (Å²) in [5, 5.41) is 3.32. The number of aromatic nitrogens is 4. The molecule has 2 rings (SSSR count). The molecule has 0 radical (unpaired) electrons. The fourth-order valence-corrected chi connectivity index (χ4v) is 3.28. The van der Waals surface area contributed by atoms with Crippen LogP contribution in [0.2, 0.25) is 0 Å². The average molecular weight is 428 g/mol. The molecule has 0 aliphatic carbocycles. The predicted molar refractivity (Wildman–Crippen MR) is 131 cm³/mol. The highest BCUT2D eigenvalue weighted by Crippen LogP contribution is 2.18. The molecule has 172 valence electrons. The normalized spacial score (nSPS) is 10.8. The van der Waals surface area contributed by atoms with Gasteiger partial charge in [-0.2, -0.15) is 0 Å². The van der Waals surface area contributed by atoms with E-state index >= 15 is 0 Å². The van der Waals surface area contributed by atoms with Crippen molar-refractivity contribution in [1.82, 2.24) is 19.9 Å². The zero-order valence-corrected chi connectivity index (χ0v) is 20.0. The molecule has 31 heavy (non-hydrogen) atoms. The molecule has 0 atom stereocenters. The van der Waals surface area contributed by atoms with Crippen LogP contribution in [-0.2, 0) is 0 Å². The van der Waals surface area contributed by atoms with Crippen LogP contribution < -0.4 is 15.1 Å². The number of anilines is 4. The van der Waals surface area contributed by atoms with Gasteiger partial charge >= 0.3 is 0 Å². The van der Waals surface area contributed by atoms with Gasteiger partial charge in [-0.1, -0.05) is 53.4 Å². The van der Waals surface area contributed by atoms with Gasteiger partial charge in [0.15, 0.2) is 0 Å². The molecular weight excluding hydrogens is 386 g/mol. The summed E-state index contributed by atoms with van der Waals surface area (Å²) in [6.45, 7) is 12.9. The Labute approximate surface area is 188 Å². The van der Waals surface area contributed by atoms with Gasteiger partial charge in [0.1, 0.15) is 0 Å². The zero-order valence-electron chi connectivity index (χ0n) is 20.0. The van der Waals surface area contributed by atoms with Crippen LogP contribution in [0.1, 0.15) is 79.1 Å². The average Bonchev–Trinajstić information content (AvgIpc) is 2.81. The second-order valence-corrected chi connectivity index (χ2v) is 8.06. The Morgan fingerprint density at radius 2 is 0.839 bits per heavy atom. The molecule has 0 bridgehead atoms. The van der Waals surface area contributed by atoms with Crippen LogP contribution in [-0.4, -0.2) is 46.1 Å². The summed E-state index contributed by atoms with van der Waals surface area (Å²) >= 11 is 0. The molecule has 0 amide bonds. The minimum atomic E-state index is 0.807. The number of hydrogen-bond acceptors (Lipinski definition) is 7. The van der Waals surface area contributed by atoms with Gasteiger partial charge in [0, 0.05) is 26.2 Å². The van der Waals surface area contributed by atoms with Crippen molar-refractivity contribution in [1.29, 1.82) is 0 Å². The first-order valence-corrected chi connectivity index (χ1v) is 12.1. The molecule has 2 aromatic rings. The van der Waals surface area contributed by atoms with E-state index in [4.69, 9.17) is 0 Å². The third kappa shape index (κ3) is 8.67. The summed E-state index contributed by atoms with van der Waals surface area (Å²) in [6.07, 6.45) is 16.7. The smallest absolute Gasteiger partial charge is 0.225 e. The number of nitrogens with zero attached hydrogens (tertiary/aromatic N) is 6. The summed E-state index contributed by atoms with van der Waals surface area (Å²) in [6, 6.07) is 0. The predicted octanol–water partition coefficient (Wildman–Crippen LogP) is 5.82. The Morgan fingerprint density at radius 3 is 1.10 bits per heavy atom. The Balaban J connectivity index is 2.00. The second-order valence-electron chi connectivity index (χ2n) is 8.06. The first kappa shape index (κ1) is 24.8. The lowest BCUT2D eigenvalue weighted by Gasteiger charge is -2.22.